The summed E-state index contributed by atoms with van der Waals surface area (Å²) in [6.45, 7) is 4.62. The summed E-state index contributed by atoms with van der Waals surface area (Å²) >= 11 is 0. The Bertz CT molecular complexity index is 726. The van der Waals surface area contributed by atoms with Crippen molar-refractivity contribution < 1.29 is 13.2 Å². The molecule has 118 valence electrons. The summed E-state index contributed by atoms with van der Waals surface area (Å²) in [4.78, 5) is 0. The summed E-state index contributed by atoms with van der Waals surface area (Å²) in [5, 5.41) is 0. The summed E-state index contributed by atoms with van der Waals surface area (Å²) in [5.74, 6) is 0.689. The standard InChI is InChI=1S/C17H21NO3S/c1-3-21-17-10-5-4-9-16(17)12-18-22(19,20)13-15-8-6-7-14(2)11-15/h4-11,18H,3,12-13H2,1-2H3. The van der Waals surface area contributed by atoms with E-state index in [4.69, 9.17) is 4.74 Å². The Balaban J connectivity index is 2.04. The van der Waals surface area contributed by atoms with Crippen molar-refractivity contribution in [3.05, 3.63) is 65.2 Å². The molecule has 4 nitrogen and oxygen atoms in total. The summed E-state index contributed by atoms with van der Waals surface area (Å²) in [6.07, 6.45) is 0. The maximum atomic E-state index is 12.2. The Kier molecular flexibility index (Phi) is 5.57. The molecule has 0 aromatic heterocycles. The third-order valence-electron chi connectivity index (χ3n) is 3.19. The molecule has 0 aliphatic rings. The maximum Gasteiger partial charge on any atom is 0.216 e. The number of rotatable bonds is 7. The largest absolute Gasteiger partial charge is 0.494 e. The first-order valence-electron chi connectivity index (χ1n) is 7.24. The van der Waals surface area contributed by atoms with Crippen LogP contribution in [0, 0.1) is 6.92 Å². The Morgan fingerprint density at radius 2 is 1.86 bits per heavy atom. The molecule has 0 aliphatic heterocycles. The Morgan fingerprint density at radius 3 is 2.59 bits per heavy atom. The van der Waals surface area contributed by atoms with Gasteiger partial charge in [0.2, 0.25) is 10.0 Å². The molecule has 0 heterocycles. The summed E-state index contributed by atoms with van der Waals surface area (Å²) in [6, 6.07) is 15.0. The van der Waals surface area contributed by atoms with Crippen molar-refractivity contribution in [3.8, 4) is 5.75 Å². The van der Waals surface area contributed by atoms with Gasteiger partial charge in [0.1, 0.15) is 5.75 Å². The zero-order chi connectivity index (χ0) is 16.0. The molecule has 2 rings (SSSR count). The molecule has 0 bridgehead atoms. The van der Waals surface area contributed by atoms with E-state index in [0.29, 0.717) is 12.4 Å². The van der Waals surface area contributed by atoms with Crippen LogP contribution in [0.4, 0.5) is 0 Å². The fourth-order valence-corrected chi connectivity index (χ4v) is 3.30. The van der Waals surface area contributed by atoms with Crippen LogP contribution in [0.1, 0.15) is 23.6 Å². The van der Waals surface area contributed by atoms with Crippen molar-refractivity contribution >= 4 is 10.0 Å². The monoisotopic (exact) mass is 319 g/mol. The number of benzene rings is 2. The Labute approximate surface area is 132 Å². The van der Waals surface area contributed by atoms with Crippen molar-refractivity contribution in [3.63, 3.8) is 0 Å². The van der Waals surface area contributed by atoms with Crippen LogP contribution in [0.15, 0.2) is 48.5 Å². The second kappa shape index (κ2) is 7.42. The summed E-state index contributed by atoms with van der Waals surface area (Å²) in [5.41, 5.74) is 2.66. The quantitative estimate of drug-likeness (QED) is 0.853. The van der Waals surface area contributed by atoms with E-state index in [1.165, 1.54) is 0 Å². The molecule has 5 heteroatoms. The highest BCUT2D eigenvalue weighted by Crippen LogP contribution is 2.18. The predicted octanol–water partition coefficient (Wildman–Crippen LogP) is 3.01. The average Bonchev–Trinajstić information content (AvgIpc) is 2.46. The van der Waals surface area contributed by atoms with Gasteiger partial charge in [-0.2, -0.15) is 0 Å². The minimum Gasteiger partial charge on any atom is -0.494 e. The fourth-order valence-electron chi connectivity index (χ4n) is 2.21. The highest BCUT2D eigenvalue weighted by Gasteiger charge is 2.13. The number of sulfonamides is 1. The van der Waals surface area contributed by atoms with E-state index in [1.54, 1.807) is 0 Å². The third kappa shape index (κ3) is 4.86. The minimum absolute atomic E-state index is 0.0223. The lowest BCUT2D eigenvalue weighted by Gasteiger charge is -2.11. The van der Waals surface area contributed by atoms with Crippen molar-refractivity contribution in [2.24, 2.45) is 0 Å². The Hall–Kier alpha value is -1.85. The van der Waals surface area contributed by atoms with Crippen LogP contribution >= 0.6 is 0 Å². The topological polar surface area (TPSA) is 55.4 Å². The second-order valence-electron chi connectivity index (χ2n) is 5.11. The van der Waals surface area contributed by atoms with E-state index in [9.17, 15) is 8.42 Å². The maximum absolute atomic E-state index is 12.2. The predicted molar refractivity (Wildman–Crippen MR) is 88.3 cm³/mol. The van der Waals surface area contributed by atoms with E-state index in [0.717, 1.165) is 16.7 Å². The number of ether oxygens (including phenoxy) is 1. The molecule has 2 aromatic carbocycles. The molecule has 0 fully saturated rings. The summed E-state index contributed by atoms with van der Waals surface area (Å²) in [7, 11) is -3.39. The molecule has 2 aromatic rings. The zero-order valence-corrected chi connectivity index (χ0v) is 13.7. The van der Waals surface area contributed by atoms with E-state index >= 15 is 0 Å². The van der Waals surface area contributed by atoms with Gasteiger partial charge in [-0.15, -0.1) is 0 Å². The molecule has 0 spiro atoms. The van der Waals surface area contributed by atoms with Gasteiger partial charge in [-0.05, 0) is 25.5 Å². The average molecular weight is 319 g/mol. The fraction of sp³-hybridized carbons (Fsp3) is 0.294. The third-order valence-corrected chi connectivity index (χ3v) is 4.49. The van der Waals surface area contributed by atoms with E-state index < -0.39 is 10.0 Å². The number of hydrogen-bond acceptors (Lipinski definition) is 3. The van der Waals surface area contributed by atoms with Crippen LogP contribution < -0.4 is 9.46 Å². The Morgan fingerprint density at radius 1 is 1.09 bits per heavy atom. The lowest BCUT2D eigenvalue weighted by atomic mass is 10.2. The normalized spacial score (nSPS) is 11.4. The van der Waals surface area contributed by atoms with Gasteiger partial charge in [0.05, 0.1) is 12.4 Å². The number of para-hydroxylation sites is 1. The van der Waals surface area contributed by atoms with Crippen LogP contribution in [0.25, 0.3) is 0 Å². The van der Waals surface area contributed by atoms with Crippen LogP contribution in [-0.4, -0.2) is 15.0 Å². The first-order valence-corrected chi connectivity index (χ1v) is 8.89. The van der Waals surface area contributed by atoms with Crippen LogP contribution in [0.5, 0.6) is 5.75 Å². The number of aryl methyl sites for hydroxylation is 1. The number of nitrogens with one attached hydrogen (secondary N) is 1. The smallest absolute Gasteiger partial charge is 0.216 e. The van der Waals surface area contributed by atoms with Crippen LogP contribution in [-0.2, 0) is 22.3 Å². The van der Waals surface area contributed by atoms with E-state index in [2.05, 4.69) is 4.72 Å². The highest BCUT2D eigenvalue weighted by molar-refractivity contribution is 7.88. The van der Waals surface area contributed by atoms with Gasteiger partial charge in [0, 0.05) is 12.1 Å². The molecule has 0 radical (unpaired) electrons. The second-order valence-corrected chi connectivity index (χ2v) is 6.92. The van der Waals surface area contributed by atoms with E-state index in [-0.39, 0.29) is 12.3 Å². The minimum atomic E-state index is -3.39. The molecule has 0 amide bonds. The van der Waals surface area contributed by atoms with E-state index in [1.807, 2.05) is 62.4 Å². The lowest BCUT2D eigenvalue weighted by Crippen LogP contribution is -2.25. The van der Waals surface area contributed by atoms with Gasteiger partial charge in [0.25, 0.3) is 0 Å². The first kappa shape index (κ1) is 16.5. The molecular formula is C17H21NO3S. The van der Waals surface area contributed by atoms with Crippen molar-refractivity contribution in [2.45, 2.75) is 26.1 Å². The highest BCUT2D eigenvalue weighted by atomic mass is 32.2. The summed E-state index contributed by atoms with van der Waals surface area (Å²) < 4.78 is 32.5. The van der Waals surface area contributed by atoms with Crippen molar-refractivity contribution in [1.29, 1.82) is 0 Å². The SMILES string of the molecule is CCOc1ccccc1CNS(=O)(=O)Cc1cccc(C)c1. The molecule has 1 N–H and O–H groups in total. The molecule has 0 aliphatic carbocycles. The van der Waals surface area contributed by atoms with Crippen LogP contribution in [0.3, 0.4) is 0 Å². The molecule has 0 unspecified atom stereocenters. The molecular weight excluding hydrogens is 298 g/mol. The van der Waals surface area contributed by atoms with Gasteiger partial charge >= 0.3 is 0 Å². The van der Waals surface area contributed by atoms with Crippen molar-refractivity contribution in [1.82, 2.24) is 4.72 Å². The van der Waals surface area contributed by atoms with Gasteiger partial charge in [-0.3, -0.25) is 0 Å². The van der Waals surface area contributed by atoms with Gasteiger partial charge in [-0.25, -0.2) is 13.1 Å². The molecule has 0 saturated heterocycles. The van der Waals surface area contributed by atoms with Gasteiger partial charge < -0.3 is 4.74 Å². The van der Waals surface area contributed by atoms with Crippen molar-refractivity contribution in [2.75, 3.05) is 6.61 Å². The molecule has 0 atom stereocenters. The van der Waals surface area contributed by atoms with Crippen LogP contribution in [0.2, 0.25) is 0 Å². The van der Waals surface area contributed by atoms with Gasteiger partial charge in [0.15, 0.2) is 0 Å². The molecule has 22 heavy (non-hydrogen) atoms. The zero-order valence-electron chi connectivity index (χ0n) is 12.9. The lowest BCUT2D eigenvalue weighted by molar-refractivity contribution is 0.336. The number of hydrogen-bond donors (Lipinski definition) is 1. The van der Waals surface area contributed by atoms with Gasteiger partial charge in [-0.1, -0.05) is 48.0 Å². The molecule has 0 saturated carbocycles. The first-order chi connectivity index (χ1) is 10.5.